The second kappa shape index (κ2) is 12.0. The highest BCUT2D eigenvalue weighted by Gasteiger charge is 2.12. The molecule has 2 rings (SSSR count). The minimum atomic E-state index is -0.542. The molecule has 9 nitrogen and oxygen atoms in total. The number of nitrogens with two attached hydrogens (primary N) is 1. The molecule has 0 fully saturated rings. The van der Waals surface area contributed by atoms with Gasteiger partial charge in [0.2, 0.25) is 5.16 Å². The highest BCUT2D eigenvalue weighted by atomic mass is 79.9. The molecule has 0 bridgehead atoms. The third kappa shape index (κ3) is 7.53. The number of ether oxygens (including phenoxy) is 2. The molecule has 1 aromatic carbocycles. The number of carbonyl (C=O) groups excluding carboxylic acids is 1. The molecule has 0 saturated heterocycles. The monoisotopic (exact) mass is 480 g/mol. The van der Waals surface area contributed by atoms with Crippen molar-refractivity contribution in [2.75, 3.05) is 26.0 Å². The summed E-state index contributed by atoms with van der Waals surface area (Å²) in [5, 5.41) is 15.5. The van der Waals surface area contributed by atoms with Crippen LogP contribution in [-0.4, -0.2) is 52.1 Å². The van der Waals surface area contributed by atoms with Gasteiger partial charge in [0.15, 0.2) is 18.1 Å². The van der Waals surface area contributed by atoms with E-state index in [2.05, 4.69) is 36.8 Å². The van der Waals surface area contributed by atoms with Crippen molar-refractivity contribution in [1.29, 1.82) is 0 Å². The van der Waals surface area contributed by atoms with Crippen LogP contribution in [0.15, 0.2) is 21.8 Å². The highest BCUT2D eigenvalue weighted by molar-refractivity contribution is 9.10. The number of nitrogens with one attached hydrogen (secondary N) is 1. The summed E-state index contributed by atoms with van der Waals surface area (Å²) in [6.45, 7) is 1.34. The molecule has 0 aliphatic heterocycles. The molecule has 0 radical (unpaired) electrons. The number of nitrogens with zero attached hydrogens (tertiary/aromatic N) is 4. The Morgan fingerprint density at radius 3 is 2.85 bits per heavy atom. The van der Waals surface area contributed by atoms with E-state index < -0.39 is 5.91 Å². The Bertz CT molecular complexity index is 748. The summed E-state index contributed by atoms with van der Waals surface area (Å²) in [7, 11) is 3.37. The number of carbonyl (C=O) groups is 1. The Hall–Kier alpha value is -1.56. The first kappa shape index (κ1) is 23.5. The minimum absolute atomic E-state index is 0. The smallest absolute Gasteiger partial charge is 0.255 e. The van der Waals surface area contributed by atoms with Gasteiger partial charge in [-0.1, -0.05) is 11.8 Å². The summed E-state index contributed by atoms with van der Waals surface area (Å²) < 4.78 is 13.1. The molecule has 12 heteroatoms. The van der Waals surface area contributed by atoms with E-state index in [-0.39, 0.29) is 19.0 Å². The van der Waals surface area contributed by atoms with Gasteiger partial charge in [-0.2, -0.15) is 0 Å². The minimum Gasteiger partial charge on any atom is -0.493 e. The maximum absolute atomic E-state index is 10.9. The van der Waals surface area contributed by atoms with E-state index >= 15 is 0 Å². The quantitative estimate of drug-likeness (QED) is 0.367. The number of aromatic nitrogens is 4. The maximum atomic E-state index is 10.9. The molecule has 2 aromatic rings. The average Bonchev–Trinajstić information content (AvgIpc) is 3.01. The molecule has 0 atom stereocenters. The lowest BCUT2D eigenvalue weighted by Gasteiger charge is -2.14. The molecule has 1 heterocycles. The normalized spacial score (nSPS) is 10.3. The van der Waals surface area contributed by atoms with Crippen molar-refractivity contribution in [3.63, 3.8) is 0 Å². The lowest BCUT2D eigenvalue weighted by molar-refractivity contribution is -0.119. The van der Waals surface area contributed by atoms with Gasteiger partial charge in [-0.05, 0) is 57.0 Å². The molecular formula is C15H22BrClN6O3S. The second-order valence-electron chi connectivity index (χ2n) is 5.33. The SMILES string of the molecule is COc1cc(CNCCCSc2nnnn2C)cc(Br)c1OCC(N)=O.Cl. The number of methoxy groups -OCH3 is 1. The van der Waals surface area contributed by atoms with Crippen molar-refractivity contribution in [3.05, 3.63) is 22.2 Å². The van der Waals surface area contributed by atoms with Crippen molar-refractivity contribution in [2.45, 2.75) is 18.1 Å². The summed E-state index contributed by atoms with van der Waals surface area (Å²) in [6.07, 6.45) is 0.982. The van der Waals surface area contributed by atoms with Crippen LogP contribution in [0.25, 0.3) is 0 Å². The fraction of sp³-hybridized carbons (Fsp3) is 0.467. The predicted octanol–water partition coefficient (Wildman–Crippen LogP) is 1.54. The summed E-state index contributed by atoms with van der Waals surface area (Å²) in [5.41, 5.74) is 6.15. The summed E-state index contributed by atoms with van der Waals surface area (Å²) in [5.74, 6) is 1.39. The first-order chi connectivity index (χ1) is 12.5. The van der Waals surface area contributed by atoms with E-state index in [1.165, 1.54) is 0 Å². The standard InChI is InChI=1S/C15H21BrN6O3S.ClH/c1-22-15(19-20-21-22)26-5-3-4-18-8-10-6-11(16)14(12(7-10)24-2)25-9-13(17)23;/h6-7,18H,3-5,8-9H2,1-2H3,(H2,17,23);1H. The molecule has 150 valence electrons. The van der Waals surface area contributed by atoms with Crippen LogP contribution in [0.3, 0.4) is 0 Å². The number of benzene rings is 1. The number of hydrogen-bond acceptors (Lipinski definition) is 8. The van der Waals surface area contributed by atoms with Gasteiger partial charge in [0.1, 0.15) is 0 Å². The van der Waals surface area contributed by atoms with E-state index in [0.717, 1.165) is 29.4 Å². The van der Waals surface area contributed by atoms with E-state index in [9.17, 15) is 4.79 Å². The van der Waals surface area contributed by atoms with Gasteiger partial charge in [0.05, 0.1) is 11.6 Å². The molecule has 0 saturated carbocycles. The van der Waals surface area contributed by atoms with Gasteiger partial charge >= 0.3 is 0 Å². The van der Waals surface area contributed by atoms with Crippen molar-refractivity contribution >= 4 is 46.0 Å². The Labute approximate surface area is 176 Å². The number of amides is 1. The molecule has 0 unspecified atom stereocenters. The average molecular weight is 482 g/mol. The highest BCUT2D eigenvalue weighted by Crippen LogP contribution is 2.36. The number of primary amides is 1. The lowest BCUT2D eigenvalue weighted by Crippen LogP contribution is -2.20. The number of hydrogen-bond donors (Lipinski definition) is 2. The zero-order valence-corrected chi connectivity index (χ0v) is 18.2. The van der Waals surface area contributed by atoms with Crippen LogP contribution in [0.2, 0.25) is 0 Å². The van der Waals surface area contributed by atoms with Crippen molar-refractivity contribution in [3.8, 4) is 11.5 Å². The van der Waals surface area contributed by atoms with Crippen LogP contribution in [-0.2, 0) is 18.4 Å². The van der Waals surface area contributed by atoms with Crippen molar-refractivity contribution in [1.82, 2.24) is 25.5 Å². The van der Waals surface area contributed by atoms with Crippen LogP contribution in [0, 0.1) is 0 Å². The first-order valence-electron chi connectivity index (χ1n) is 7.84. The zero-order chi connectivity index (χ0) is 18.9. The fourth-order valence-corrected chi connectivity index (χ4v) is 3.49. The Morgan fingerprint density at radius 1 is 1.44 bits per heavy atom. The van der Waals surface area contributed by atoms with Crippen molar-refractivity contribution in [2.24, 2.45) is 12.8 Å². The van der Waals surface area contributed by atoms with Gasteiger partial charge in [-0.15, -0.1) is 17.5 Å². The number of tetrazole rings is 1. The van der Waals surface area contributed by atoms with Gasteiger partial charge in [-0.25, -0.2) is 4.68 Å². The maximum Gasteiger partial charge on any atom is 0.255 e. The third-order valence-electron chi connectivity index (χ3n) is 3.29. The molecule has 3 N–H and O–H groups in total. The van der Waals surface area contributed by atoms with E-state index in [1.807, 2.05) is 19.2 Å². The third-order valence-corrected chi connectivity index (χ3v) is 4.97. The van der Waals surface area contributed by atoms with Gasteiger partial charge in [0.25, 0.3) is 5.91 Å². The molecule has 1 amide bonds. The molecule has 0 spiro atoms. The largest absolute Gasteiger partial charge is 0.493 e. The van der Waals surface area contributed by atoms with Crippen LogP contribution >= 0.6 is 40.1 Å². The fourth-order valence-electron chi connectivity index (χ4n) is 2.10. The first-order valence-corrected chi connectivity index (χ1v) is 9.62. The van der Waals surface area contributed by atoms with E-state index in [1.54, 1.807) is 23.6 Å². The number of thioether (sulfide) groups is 1. The Morgan fingerprint density at radius 2 is 2.22 bits per heavy atom. The van der Waals surface area contributed by atoms with E-state index in [4.69, 9.17) is 15.2 Å². The second-order valence-corrected chi connectivity index (χ2v) is 7.24. The molecular weight excluding hydrogens is 460 g/mol. The van der Waals surface area contributed by atoms with Gasteiger partial charge in [0, 0.05) is 19.3 Å². The number of halogens is 2. The van der Waals surface area contributed by atoms with Gasteiger partial charge in [-0.3, -0.25) is 4.79 Å². The molecule has 0 aliphatic carbocycles. The van der Waals surface area contributed by atoms with Crippen molar-refractivity contribution < 1.29 is 14.3 Å². The molecule has 1 aromatic heterocycles. The Balaban J connectivity index is 0.00000364. The van der Waals surface area contributed by atoms with Gasteiger partial charge < -0.3 is 20.5 Å². The topological polar surface area (TPSA) is 117 Å². The predicted molar refractivity (Wildman–Crippen MR) is 108 cm³/mol. The van der Waals surface area contributed by atoms with Crippen LogP contribution in [0.5, 0.6) is 11.5 Å². The zero-order valence-electron chi connectivity index (χ0n) is 15.0. The Kier molecular flexibility index (Phi) is 10.4. The summed E-state index contributed by atoms with van der Waals surface area (Å²) in [4.78, 5) is 10.9. The van der Waals surface area contributed by atoms with Crippen LogP contribution in [0.1, 0.15) is 12.0 Å². The number of aryl methyl sites for hydroxylation is 1. The lowest BCUT2D eigenvalue weighted by atomic mass is 10.2. The van der Waals surface area contributed by atoms with Crippen LogP contribution < -0.4 is 20.5 Å². The summed E-state index contributed by atoms with van der Waals surface area (Å²) >= 11 is 5.07. The van der Waals surface area contributed by atoms with E-state index in [0.29, 0.717) is 22.5 Å². The van der Waals surface area contributed by atoms with Crippen LogP contribution in [0.4, 0.5) is 0 Å². The number of rotatable bonds is 11. The summed E-state index contributed by atoms with van der Waals surface area (Å²) in [6, 6.07) is 3.79. The molecule has 27 heavy (non-hydrogen) atoms. The molecule has 0 aliphatic rings.